The van der Waals surface area contributed by atoms with Crippen molar-refractivity contribution in [1.82, 2.24) is 0 Å². The quantitative estimate of drug-likeness (QED) is 0.437. The van der Waals surface area contributed by atoms with E-state index < -0.39 is 6.04 Å². The van der Waals surface area contributed by atoms with Crippen molar-refractivity contribution in [2.24, 2.45) is 0 Å². The third-order valence-electron chi connectivity index (χ3n) is 0.831. The van der Waals surface area contributed by atoms with Gasteiger partial charge < -0.3 is 4.85 Å². The van der Waals surface area contributed by atoms with Crippen LogP contribution in [0.25, 0.3) is 9.69 Å². The largest absolute Gasteiger partial charge is 0.351 e. The molecule has 0 amide bonds. The summed E-state index contributed by atoms with van der Waals surface area (Å²) >= 11 is 0. The highest BCUT2D eigenvalue weighted by Crippen LogP contribution is 1.91. The van der Waals surface area contributed by atoms with Crippen LogP contribution in [0.3, 0.4) is 0 Å². The molecule has 0 aliphatic heterocycles. The summed E-state index contributed by atoms with van der Waals surface area (Å²) in [5.41, 5.74) is -0.118. The fourth-order valence-electron chi connectivity index (χ4n) is 0.356. The second-order valence-electron chi connectivity index (χ2n) is 1.50. The molecule has 0 radical (unpaired) electrons. The van der Waals surface area contributed by atoms with Gasteiger partial charge in [0.1, 0.15) is 0 Å². The van der Waals surface area contributed by atoms with Gasteiger partial charge in [0.2, 0.25) is 0 Å². The van der Waals surface area contributed by atoms with Crippen molar-refractivity contribution >= 4 is 5.71 Å². The van der Waals surface area contributed by atoms with Crippen LogP contribution in [-0.2, 0) is 0 Å². The van der Waals surface area contributed by atoms with Crippen LogP contribution in [-0.4, -0.2) is 18.3 Å². The summed E-state index contributed by atoms with van der Waals surface area (Å²) in [5.74, 6) is 0. The molecule has 1 N–H and O–H groups in total. The van der Waals surface area contributed by atoms with Gasteiger partial charge in [-0.2, -0.15) is 5.26 Å². The van der Waals surface area contributed by atoms with Crippen LogP contribution in [0.1, 0.15) is 0 Å². The maximum absolute atomic E-state index is 8.22. The number of hydrogen-bond acceptors (Lipinski definition) is 2. The average Bonchev–Trinajstić information content (AvgIpc) is 1.91. The van der Waals surface area contributed by atoms with Crippen molar-refractivity contribution < 1.29 is 0 Å². The van der Waals surface area contributed by atoms with Crippen molar-refractivity contribution in [3.05, 3.63) is 22.8 Å². The Labute approximate surface area is 58.8 Å². The lowest BCUT2D eigenvalue weighted by Crippen LogP contribution is -2.15. The number of rotatable bonds is 2. The number of nitriles is 1. The van der Waals surface area contributed by atoms with Gasteiger partial charge in [-0.3, -0.25) is 10.3 Å². The smallest absolute Gasteiger partial charge is 0.310 e. The zero-order valence-corrected chi connectivity index (χ0v) is 5.13. The van der Waals surface area contributed by atoms with Gasteiger partial charge in [-0.15, -0.1) is 0 Å². The second kappa shape index (κ2) is 4.06. The molecule has 1 unspecified atom stereocenters. The highest BCUT2D eigenvalue weighted by Gasteiger charge is 2.19. The first-order chi connectivity index (χ1) is 4.76. The second-order valence-corrected chi connectivity index (χ2v) is 1.50. The Morgan fingerprint density at radius 3 is 2.60 bits per heavy atom. The summed E-state index contributed by atoms with van der Waals surface area (Å²) in [6.45, 7) is 12.6. The van der Waals surface area contributed by atoms with E-state index in [0.29, 0.717) is 0 Å². The Morgan fingerprint density at radius 1 is 1.70 bits per heavy atom. The minimum atomic E-state index is -1.06. The lowest BCUT2D eigenvalue weighted by Gasteiger charge is -1.88. The first-order valence-corrected chi connectivity index (χ1v) is 2.43. The molecule has 0 spiro atoms. The molecule has 0 aromatic heterocycles. The van der Waals surface area contributed by atoms with Gasteiger partial charge in [0.15, 0.2) is 11.8 Å². The number of nitrogens with one attached hydrogen (secondary N) is 1. The summed E-state index contributed by atoms with van der Waals surface area (Å²) in [4.78, 5) is 5.73. The van der Waals surface area contributed by atoms with Crippen LogP contribution in [0, 0.1) is 29.9 Å². The molecule has 0 rings (SSSR count). The van der Waals surface area contributed by atoms with E-state index in [0.717, 1.165) is 0 Å². The fourth-order valence-corrected chi connectivity index (χ4v) is 0.356. The molecule has 0 heterocycles. The lowest BCUT2D eigenvalue weighted by molar-refractivity contribution is 1.21. The molecule has 48 valence electrons. The number of hydrogen-bond donors (Lipinski definition) is 1. The maximum Gasteiger partial charge on any atom is 0.351 e. The standard InChI is InChI=1S/C6H4N4/c1-9-4-5(8)6(3-7)10-2/h6,8H,4H2. The van der Waals surface area contributed by atoms with E-state index in [-0.39, 0.29) is 12.3 Å². The molecule has 0 saturated carbocycles. The minimum absolute atomic E-state index is 0.118. The van der Waals surface area contributed by atoms with E-state index in [1.165, 1.54) is 0 Å². The van der Waals surface area contributed by atoms with Crippen LogP contribution in [0.5, 0.6) is 0 Å². The highest BCUT2D eigenvalue weighted by atomic mass is 14.8. The van der Waals surface area contributed by atoms with Gasteiger partial charge in [0.05, 0.1) is 0 Å². The molecule has 0 bridgehead atoms. The molecular formula is C6H4N4. The summed E-state index contributed by atoms with van der Waals surface area (Å²) < 4.78 is 0. The van der Waals surface area contributed by atoms with Crippen LogP contribution >= 0.6 is 0 Å². The number of nitrogens with zero attached hydrogens (tertiary/aromatic N) is 3. The van der Waals surface area contributed by atoms with E-state index in [1.54, 1.807) is 6.07 Å². The van der Waals surface area contributed by atoms with Gasteiger partial charge in [-0.1, -0.05) is 0 Å². The highest BCUT2D eigenvalue weighted by molar-refractivity contribution is 5.93. The van der Waals surface area contributed by atoms with Crippen molar-refractivity contribution in [3.63, 3.8) is 0 Å². The lowest BCUT2D eigenvalue weighted by atomic mass is 10.2. The van der Waals surface area contributed by atoms with E-state index >= 15 is 0 Å². The molecule has 0 saturated heterocycles. The van der Waals surface area contributed by atoms with Crippen molar-refractivity contribution in [1.29, 1.82) is 10.7 Å². The van der Waals surface area contributed by atoms with Gasteiger partial charge in [-0.05, 0) is 0 Å². The molecule has 0 aromatic rings. The Morgan fingerprint density at radius 2 is 2.30 bits per heavy atom. The molecule has 4 heteroatoms. The van der Waals surface area contributed by atoms with Crippen LogP contribution in [0.4, 0.5) is 0 Å². The van der Waals surface area contributed by atoms with Crippen molar-refractivity contribution in [2.45, 2.75) is 6.04 Å². The molecule has 0 aromatic carbocycles. The molecule has 0 fully saturated rings. The van der Waals surface area contributed by atoms with Crippen molar-refractivity contribution in [2.75, 3.05) is 6.54 Å². The molecule has 1 atom stereocenters. The summed E-state index contributed by atoms with van der Waals surface area (Å²) in [6.07, 6.45) is 0. The third-order valence-corrected chi connectivity index (χ3v) is 0.831. The molecule has 4 nitrogen and oxygen atoms in total. The van der Waals surface area contributed by atoms with Gasteiger partial charge >= 0.3 is 6.04 Å². The Balaban J connectivity index is 4.13. The van der Waals surface area contributed by atoms with Crippen LogP contribution < -0.4 is 0 Å². The van der Waals surface area contributed by atoms with E-state index in [2.05, 4.69) is 9.69 Å². The molecule has 0 aliphatic carbocycles. The Bertz CT molecular complexity index is 232. The Kier molecular flexibility index (Phi) is 3.31. The monoisotopic (exact) mass is 132 g/mol. The average molecular weight is 132 g/mol. The first-order valence-electron chi connectivity index (χ1n) is 2.43. The van der Waals surface area contributed by atoms with Crippen molar-refractivity contribution in [3.8, 4) is 6.07 Å². The summed E-state index contributed by atoms with van der Waals surface area (Å²) in [7, 11) is 0. The van der Waals surface area contributed by atoms with Gasteiger partial charge in [0, 0.05) is 0 Å². The first kappa shape index (κ1) is 8.14. The predicted octanol–water partition coefficient (Wildman–Crippen LogP) is 0.737. The van der Waals surface area contributed by atoms with Crippen LogP contribution in [0.2, 0.25) is 0 Å². The zero-order chi connectivity index (χ0) is 7.98. The molecule has 10 heavy (non-hydrogen) atoms. The van der Waals surface area contributed by atoms with Gasteiger partial charge in [-0.25, -0.2) is 13.1 Å². The summed E-state index contributed by atoms with van der Waals surface area (Å²) in [6, 6.07) is 0.553. The minimum Gasteiger partial charge on any atom is -0.310 e. The Hall–Kier alpha value is -1.86. The van der Waals surface area contributed by atoms with E-state index in [1.807, 2.05) is 0 Å². The normalized spacial score (nSPS) is 10.1. The van der Waals surface area contributed by atoms with E-state index in [9.17, 15) is 0 Å². The summed E-state index contributed by atoms with van der Waals surface area (Å²) in [5, 5.41) is 15.2. The zero-order valence-electron chi connectivity index (χ0n) is 5.13. The van der Waals surface area contributed by atoms with Gasteiger partial charge in [0.25, 0.3) is 6.54 Å². The van der Waals surface area contributed by atoms with E-state index in [4.69, 9.17) is 23.8 Å². The SMILES string of the molecule is [C-]#[N+]CC(=N)C(C#N)[N+]#[C-]. The fraction of sp³-hybridized carbons (Fsp3) is 0.333. The third kappa shape index (κ3) is 1.94. The molecule has 0 aliphatic rings. The predicted molar refractivity (Wildman–Crippen MR) is 35.2 cm³/mol. The topological polar surface area (TPSA) is 56.4 Å². The maximum atomic E-state index is 8.22. The molecular weight excluding hydrogens is 128 g/mol. The van der Waals surface area contributed by atoms with Crippen LogP contribution in [0.15, 0.2) is 0 Å².